The first-order chi connectivity index (χ1) is 10.9. The Labute approximate surface area is 134 Å². The van der Waals surface area contributed by atoms with E-state index < -0.39 is 11.7 Å². The van der Waals surface area contributed by atoms with Gasteiger partial charge in [0, 0.05) is 11.1 Å². The molecule has 0 bridgehead atoms. The van der Waals surface area contributed by atoms with Crippen molar-refractivity contribution in [3.8, 4) is 22.6 Å². The maximum absolute atomic E-state index is 13.2. The Bertz CT molecular complexity index is 844. The average Bonchev–Trinajstić information content (AvgIpc) is 2.88. The largest absolute Gasteiger partial charge is 0.417 e. The van der Waals surface area contributed by atoms with Crippen LogP contribution in [0.4, 0.5) is 18.9 Å². The molecule has 0 spiro atoms. The summed E-state index contributed by atoms with van der Waals surface area (Å²) in [5.41, 5.74) is 5.27. The molecule has 1 aromatic heterocycles. The third-order valence-electron chi connectivity index (χ3n) is 3.32. The van der Waals surface area contributed by atoms with Crippen LogP contribution in [0.25, 0.3) is 22.6 Å². The summed E-state index contributed by atoms with van der Waals surface area (Å²) in [5, 5.41) is 3.62. The summed E-state index contributed by atoms with van der Waals surface area (Å²) in [6.45, 7) is 0. The predicted octanol–water partition coefficient (Wildman–Crippen LogP) is 5.26. The molecule has 0 amide bonds. The maximum Gasteiger partial charge on any atom is 0.417 e. The molecule has 118 valence electrons. The highest BCUT2D eigenvalue weighted by Crippen LogP contribution is 2.44. The maximum atomic E-state index is 13.2. The summed E-state index contributed by atoms with van der Waals surface area (Å²) >= 11 is 5.96. The number of alkyl halides is 3. The minimum Gasteiger partial charge on any atom is -0.394 e. The molecule has 0 aliphatic rings. The number of hydrogen-bond acceptors (Lipinski definition) is 3. The summed E-state index contributed by atoms with van der Waals surface area (Å²) < 4.78 is 44.8. The highest BCUT2D eigenvalue weighted by molar-refractivity contribution is 6.33. The Morgan fingerprint density at radius 3 is 2.35 bits per heavy atom. The van der Waals surface area contributed by atoms with Gasteiger partial charge in [-0.25, -0.2) is 0 Å². The van der Waals surface area contributed by atoms with E-state index in [0.29, 0.717) is 5.56 Å². The van der Waals surface area contributed by atoms with E-state index in [2.05, 4.69) is 5.16 Å². The fourth-order valence-corrected chi connectivity index (χ4v) is 2.54. The number of nitrogens with zero attached hydrogens (tertiary/aromatic N) is 1. The molecule has 0 saturated carbocycles. The van der Waals surface area contributed by atoms with Crippen molar-refractivity contribution in [2.45, 2.75) is 6.18 Å². The fourth-order valence-electron chi connectivity index (χ4n) is 2.28. The SMILES string of the molecule is Nc1c(-c2c(Cl)cccc2C(F)(F)F)noc1-c1ccccc1. The number of nitrogens with two attached hydrogens (primary N) is 1. The van der Waals surface area contributed by atoms with Gasteiger partial charge in [-0.1, -0.05) is 53.2 Å². The normalized spacial score (nSPS) is 11.7. The van der Waals surface area contributed by atoms with E-state index in [-0.39, 0.29) is 27.7 Å². The minimum absolute atomic E-state index is 0.00907. The standard InChI is InChI=1S/C16H10ClF3N2O/c17-11-8-4-7-10(16(18,19)20)12(11)14-13(21)15(23-22-14)9-5-2-1-3-6-9/h1-8H,21H2. The molecule has 2 N–H and O–H groups in total. The number of benzene rings is 2. The summed E-state index contributed by atoms with van der Waals surface area (Å²) in [6.07, 6.45) is -4.58. The van der Waals surface area contributed by atoms with Crippen LogP contribution in [0.5, 0.6) is 0 Å². The molecule has 3 aromatic rings. The van der Waals surface area contributed by atoms with E-state index in [4.69, 9.17) is 21.9 Å². The molecular formula is C16H10ClF3N2O. The second kappa shape index (κ2) is 5.62. The van der Waals surface area contributed by atoms with Crippen LogP contribution in [0, 0.1) is 0 Å². The summed E-state index contributed by atoms with van der Waals surface area (Å²) in [7, 11) is 0. The van der Waals surface area contributed by atoms with Crippen molar-refractivity contribution in [1.82, 2.24) is 5.16 Å². The third kappa shape index (κ3) is 2.77. The first-order valence-corrected chi connectivity index (χ1v) is 6.94. The van der Waals surface area contributed by atoms with E-state index in [1.807, 2.05) is 0 Å². The number of hydrogen-bond donors (Lipinski definition) is 1. The van der Waals surface area contributed by atoms with Crippen LogP contribution in [0.2, 0.25) is 5.02 Å². The average molecular weight is 339 g/mol. The Morgan fingerprint density at radius 2 is 1.70 bits per heavy atom. The Morgan fingerprint density at radius 1 is 1.00 bits per heavy atom. The van der Waals surface area contributed by atoms with Crippen molar-refractivity contribution in [3.05, 3.63) is 59.1 Å². The van der Waals surface area contributed by atoms with E-state index in [1.54, 1.807) is 30.3 Å². The molecular weight excluding hydrogens is 329 g/mol. The van der Waals surface area contributed by atoms with Gasteiger partial charge in [-0.15, -0.1) is 0 Å². The molecule has 3 nitrogen and oxygen atoms in total. The first kappa shape index (κ1) is 15.4. The van der Waals surface area contributed by atoms with Gasteiger partial charge in [-0.05, 0) is 12.1 Å². The van der Waals surface area contributed by atoms with E-state index in [1.165, 1.54) is 12.1 Å². The van der Waals surface area contributed by atoms with Crippen LogP contribution in [0.15, 0.2) is 53.1 Å². The summed E-state index contributed by atoms with van der Waals surface area (Å²) in [4.78, 5) is 0. The lowest BCUT2D eigenvalue weighted by atomic mass is 10.0. The summed E-state index contributed by atoms with van der Waals surface area (Å²) in [6, 6.07) is 12.3. The van der Waals surface area contributed by atoms with Gasteiger partial charge < -0.3 is 10.3 Å². The monoisotopic (exact) mass is 338 g/mol. The van der Waals surface area contributed by atoms with Gasteiger partial charge in [0.05, 0.1) is 10.6 Å². The van der Waals surface area contributed by atoms with Crippen molar-refractivity contribution in [1.29, 1.82) is 0 Å². The Kier molecular flexibility index (Phi) is 3.77. The van der Waals surface area contributed by atoms with Crippen LogP contribution in [-0.2, 0) is 6.18 Å². The van der Waals surface area contributed by atoms with Crippen LogP contribution in [-0.4, -0.2) is 5.16 Å². The summed E-state index contributed by atoms with van der Waals surface area (Å²) in [5.74, 6) is 0.202. The molecule has 3 rings (SSSR count). The molecule has 0 aliphatic heterocycles. The Hall–Kier alpha value is -2.47. The van der Waals surface area contributed by atoms with Crippen molar-refractivity contribution in [2.75, 3.05) is 5.73 Å². The molecule has 2 aromatic carbocycles. The highest BCUT2D eigenvalue weighted by Gasteiger charge is 2.36. The van der Waals surface area contributed by atoms with Gasteiger partial charge in [-0.3, -0.25) is 0 Å². The second-order valence-corrected chi connectivity index (χ2v) is 5.21. The predicted molar refractivity (Wildman–Crippen MR) is 81.8 cm³/mol. The zero-order valence-corrected chi connectivity index (χ0v) is 12.3. The van der Waals surface area contributed by atoms with Gasteiger partial charge in [0.15, 0.2) is 5.76 Å². The molecule has 0 aliphatic carbocycles. The molecule has 0 saturated heterocycles. The molecule has 0 atom stereocenters. The highest BCUT2D eigenvalue weighted by atomic mass is 35.5. The van der Waals surface area contributed by atoms with Gasteiger partial charge in [0.1, 0.15) is 11.4 Å². The van der Waals surface area contributed by atoms with E-state index in [0.717, 1.165) is 6.07 Å². The van der Waals surface area contributed by atoms with E-state index in [9.17, 15) is 13.2 Å². The smallest absolute Gasteiger partial charge is 0.394 e. The molecule has 0 unspecified atom stereocenters. The minimum atomic E-state index is -4.58. The molecule has 7 heteroatoms. The van der Waals surface area contributed by atoms with Crippen LogP contribution in [0.3, 0.4) is 0 Å². The number of aromatic nitrogens is 1. The van der Waals surface area contributed by atoms with Crippen LogP contribution < -0.4 is 5.73 Å². The number of halogens is 4. The zero-order chi connectivity index (χ0) is 16.6. The quantitative estimate of drug-likeness (QED) is 0.693. The van der Waals surface area contributed by atoms with Gasteiger partial charge in [-0.2, -0.15) is 13.2 Å². The topological polar surface area (TPSA) is 52.0 Å². The van der Waals surface area contributed by atoms with Crippen LogP contribution >= 0.6 is 11.6 Å². The lowest BCUT2D eigenvalue weighted by molar-refractivity contribution is -0.137. The number of anilines is 1. The molecule has 23 heavy (non-hydrogen) atoms. The van der Waals surface area contributed by atoms with Gasteiger partial charge >= 0.3 is 6.18 Å². The molecule has 1 heterocycles. The number of rotatable bonds is 2. The van der Waals surface area contributed by atoms with Gasteiger partial charge in [0.25, 0.3) is 0 Å². The third-order valence-corrected chi connectivity index (χ3v) is 3.63. The van der Waals surface area contributed by atoms with Crippen molar-refractivity contribution >= 4 is 17.3 Å². The number of nitrogen functional groups attached to an aromatic ring is 1. The lowest BCUT2D eigenvalue weighted by Gasteiger charge is -2.12. The first-order valence-electron chi connectivity index (χ1n) is 6.56. The van der Waals surface area contributed by atoms with E-state index >= 15 is 0 Å². The second-order valence-electron chi connectivity index (χ2n) is 4.80. The van der Waals surface area contributed by atoms with Gasteiger partial charge in [0.2, 0.25) is 0 Å². The zero-order valence-electron chi connectivity index (χ0n) is 11.6. The molecule has 0 fully saturated rings. The molecule has 0 radical (unpaired) electrons. The lowest BCUT2D eigenvalue weighted by Crippen LogP contribution is -2.08. The Balaban J connectivity index is 2.21. The van der Waals surface area contributed by atoms with Crippen LogP contribution in [0.1, 0.15) is 5.56 Å². The van der Waals surface area contributed by atoms with Crippen molar-refractivity contribution < 1.29 is 17.7 Å². The fraction of sp³-hybridized carbons (Fsp3) is 0.0625. The van der Waals surface area contributed by atoms with Crippen molar-refractivity contribution in [3.63, 3.8) is 0 Å². The van der Waals surface area contributed by atoms with Crippen molar-refractivity contribution in [2.24, 2.45) is 0 Å².